The van der Waals surface area contributed by atoms with Crippen LogP contribution in [0.15, 0.2) is 12.7 Å². The first kappa shape index (κ1) is 21.6. The molecule has 0 aliphatic carbocycles. The Morgan fingerprint density at radius 3 is 2.78 bits per heavy atom. The number of aliphatic hydroxyl groups is 2. The summed E-state index contributed by atoms with van der Waals surface area (Å²) in [6.45, 7) is 0. The molecule has 3 heterocycles. The minimum atomic E-state index is -1.17. The second kappa shape index (κ2) is 8.99. The predicted octanol–water partition coefficient (Wildman–Crippen LogP) is -1.02. The molecule has 0 aromatic carbocycles. The zero-order chi connectivity index (χ0) is 18.8. The fraction of sp³-hybridized carbons (Fsp3) is 0.571. The molecule has 0 bridgehead atoms. The van der Waals surface area contributed by atoms with Crippen molar-refractivity contribution in [2.75, 3.05) is 17.2 Å². The second-order valence-electron chi connectivity index (χ2n) is 5.94. The molecule has 7 N–H and O–H groups in total. The van der Waals surface area contributed by atoms with Crippen molar-refractivity contribution in [2.45, 2.75) is 37.0 Å². The van der Waals surface area contributed by atoms with Gasteiger partial charge in [0, 0.05) is 5.75 Å². The Kier molecular flexibility index (Phi) is 7.19. The number of halogens is 1. The topological polar surface area (TPSA) is 183 Å². The van der Waals surface area contributed by atoms with E-state index in [-0.39, 0.29) is 18.2 Å². The van der Waals surface area contributed by atoms with Crippen molar-refractivity contribution in [3.8, 4) is 0 Å². The van der Waals surface area contributed by atoms with Gasteiger partial charge in [0.15, 0.2) is 17.7 Å². The standard InChI is InChI=1S/C14H20N6O5S.ClH/c15-6(14(23)24)1-2-26-3-7-9(21)10(22)13(25-7)20-5-19-8-11(16)17-4-18-12(8)20;/h4-7,9-10,13,21-22H,1-3,15H2,(H,23,24)(H2,16,17,18);1H/t6?,7-,9-,10-,13-;/m1./s1. The maximum atomic E-state index is 10.7. The summed E-state index contributed by atoms with van der Waals surface area (Å²) in [5.74, 6) is 0.0405. The van der Waals surface area contributed by atoms with E-state index in [4.69, 9.17) is 21.3 Å². The van der Waals surface area contributed by atoms with Crippen molar-refractivity contribution in [2.24, 2.45) is 5.73 Å². The van der Waals surface area contributed by atoms with Gasteiger partial charge in [-0.15, -0.1) is 12.4 Å². The van der Waals surface area contributed by atoms with Crippen LogP contribution in [0.1, 0.15) is 12.6 Å². The number of nitrogens with zero attached hydrogens (tertiary/aromatic N) is 4. The Morgan fingerprint density at radius 1 is 1.33 bits per heavy atom. The van der Waals surface area contributed by atoms with Crippen molar-refractivity contribution >= 4 is 47.1 Å². The highest BCUT2D eigenvalue weighted by atomic mass is 35.5. The average Bonchev–Trinajstić information content (AvgIpc) is 3.15. The molecule has 1 saturated heterocycles. The summed E-state index contributed by atoms with van der Waals surface area (Å²) in [7, 11) is 0. The van der Waals surface area contributed by atoms with Crippen molar-refractivity contribution in [1.82, 2.24) is 19.5 Å². The molecule has 1 aliphatic rings. The monoisotopic (exact) mass is 420 g/mol. The van der Waals surface area contributed by atoms with Crippen molar-refractivity contribution in [3.63, 3.8) is 0 Å². The number of carbonyl (C=O) groups is 1. The minimum absolute atomic E-state index is 0. The molecule has 150 valence electrons. The number of aromatic nitrogens is 4. The molecule has 5 atom stereocenters. The fourth-order valence-electron chi connectivity index (χ4n) is 2.69. The van der Waals surface area contributed by atoms with Gasteiger partial charge < -0.3 is 31.5 Å². The Balaban J connectivity index is 0.00000261. The molecule has 0 spiro atoms. The lowest BCUT2D eigenvalue weighted by Gasteiger charge is -2.16. The summed E-state index contributed by atoms with van der Waals surface area (Å²) in [4.78, 5) is 22.8. The zero-order valence-corrected chi connectivity index (χ0v) is 15.7. The Bertz CT molecular complexity index is 794. The van der Waals surface area contributed by atoms with Crippen molar-refractivity contribution in [3.05, 3.63) is 12.7 Å². The Morgan fingerprint density at radius 2 is 2.07 bits per heavy atom. The number of ether oxygens (including phenoxy) is 1. The average molecular weight is 421 g/mol. The lowest BCUT2D eigenvalue weighted by atomic mass is 10.1. The zero-order valence-electron chi connectivity index (χ0n) is 14.1. The van der Waals surface area contributed by atoms with Crippen molar-refractivity contribution in [1.29, 1.82) is 0 Å². The highest BCUT2D eigenvalue weighted by Gasteiger charge is 2.44. The molecule has 1 fully saturated rings. The molecule has 13 heteroatoms. The molecule has 27 heavy (non-hydrogen) atoms. The van der Waals surface area contributed by atoms with Crippen LogP contribution in [-0.4, -0.2) is 76.7 Å². The molecule has 0 amide bonds. The van der Waals surface area contributed by atoms with E-state index in [2.05, 4.69) is 15.0 Å². The molecule has 2 aromatic rings. The summed E-state index contributed by atoms with van der Waals surface area (Å²) in [6, 6.07) is -0.919. The molecule has 1 unspecified atom stereocenters. The number of carboxylic acids is 1. The molecular weight excluding hydrogens is 400 g/mol. The van der Waals surface area contributed by atoms with Crippen LogP contribution in [0.25, 0.3) is 11.2 Å². The van der Waals surface area contributed by atoms with E-state index < -0.39 is 36.6 Å². The van der Waals surface area contributed by atoms with E-state index in [0.717, 1.165) is 0 Å². The van der Waals surface area contributed by atoms with Crippen molar-refractivity contribution < 1.29 is 24.9 Å². The van der Waals surface area contributed by atoms with Gasteiger partial charge in [0.1, 0.15) is 30.1 Å². The molecule has 0 radical (unpaired) electrons. The van der Waals surface area contributed by atoms with Gasteiger partial charge in [-0.3, -0.25) is 9.36 Å². The Hall–Kier alpha value is -1.70. The van der Waals surface area contributed by atoms with Crippen LogP contribution in [0, 0.1) is 0 Å². The number of thioether (sulfide) groups is 1. The minimum Gasteiger partial charge on any atom is -0.480 e. The van der Waals surface area contributed by atoms with Crippen LogP contribution >= 0.6 is 24.2 Å². The van der Waals surface area contributed by atoms with E-state index in [0.29, 0.717) is 29.1 Å². The van der Waals surface area contributed by atoms with E-state index in [1.807, 2.05) is 0 Å². The third kappa shape index (κ3) is 4.42. The number of nitrogen functional groups attached to an aromatic ring is 1. The van der Waals surface area contributed by atoms with Gasteiger partial charge in [0.2, 0.25) is 0 Å². The number of aliphatic carboxylic acids is 1. The SMILES string of the molecule is Cl.Nc1ncnc2c1ncn2[C@@H]1O[C@H](CSCCC(N)C(=O)O)[C@@H](O)[C@H]1O. The second-order valence-corrected chi connectivity index (χ2v) is 7.09. The number of hydrogen-bond acceptors (Lipinski definition) is 10. The molecule has 0 saturated carbocycles. The molecule has 2 aromatic heterocycles. The van der Waals surface area contributed by atoms with Gasteiger partial charge in [0.05, 0.1) is 12.4 Å². The smallest absolute Gasteiger partial charge is 0.320 e. The van der Waals surface area contributed by atoms with Gasteiger partial charge in [-0.2, -0.15) is 11.8 Å². The number of fused-ring (bicyclic) bond motifs is 1. The van der Waals surface area contributed by atoms with Gasteiger partial charge >= 0.3 is 5.97 Å². The van der Waals surface area contributed by atoms with Crippen LogP contribution in [0.5, 0.6) is 0 Å². The van der Waals surface area contributed by atoms with E-state index in [1.165, 1.54) is 29.0 Å². The van der Waals surface area contributed by atoms with Gasteiger partial charge in [-0.25, -0.2) is 15.0 Å². The molecule has 3 rings (SSSR count). The normalized spacial score (nSPS) is 26.0. The summed E-state index contributed by atoms with van der Waals surface area (Å²) in [5, 5.41) is 29.3. The first-order chi connectivity index (χ1) is 12.4. The van der Waals surface area contributed by atoms with E-state index >= 15 is 0 Å². The maximum absolute atomic E-state index is 10.7. The number of rotatable bonds is 7. The van der Waals surface area contributed by atoms with Crippen LogP contribution in [-0.2, 0) is 9.53 Å². The van der Waals surface area contributed by atoms with Gasteiger partial charge in [-0.05, 0) is 12.2 Å². The number of hydrogen-bond donors (Lipinski definition) is 5. The number of aliphatic hydroxyl groups excluding tert-OH is 2. The van der Waals surface area contributed by atoms with Crippen LogP contribution in [0.2, 0.25) is 0 Å². The van der Waals surface area contributed by atoms with Gasteiger partial charge in [0.25, 0.3) is 0 Å². The maximum Gasteiger partial charge on any atom is 0.320 e. The molecular formula is C14H21ClN6O5S. The predicted molar refractivity (Wildman–Crippen MR) is 100 cm³/mol. The first-order valence-corrected chi connectivity index (χ1v) is 9.06. The highest BCUT2D eigenvalue weighted by Crippen LogP contribution is 2.33. The number of imidazole rings is 1. The van der Waals surface area contributed by atoms with Crippen LogP contribution < -0.4 is 11.5 Å². The van der Waals surface area contributed by atoms with E-state index in [1.54, 1.807) is 0 Å². The van der Waals surface area contributed by atoms with E-state index in [9.17, 15) is 15.0 Å². The summed E-state index contributed by atoms with van der Waals surface area (Å²) < 4.78 is 7.29. The summed E-state index contributed by atoms with van der Waals surface area (Å²) >= 11 is 1.40. The molecule has 1 aliphatic heterocycles. The first-order valence-electron chi connectivity index (χ1n) is 7.91. The lowest BCUT2D eigenvalue weighted by molar-refractivity contribution is -0.138. The highest BCUT2D eigenvalue weighted by molar-refractivity contribution is 7.99. The number of carboxylic acid groups (broad SMARTS) is 1. The lowest BCUT2D eigenvalue weighted by Crippen LogP contribution is -2.33. The number of anilines is 1. The van der Waals surface area contributed by atoms with Gasteiger partial charge in [-0.1, -0.05) is 0 Å². The number of nitrogens with two attached hydrogens (primary N) is 2. The fourth-order valence-corrected chi connectivity index (χ4v) is 3.78. The Labute approximate surface area is 164 Å². The summed E-state index contributed by atoms with van der Waals surface area (Å²) in [5.41, 5.74) is 12.0. The molecule has 11 nitrogen and oxygen atoms in total. The third-order valence-electron chi connectivity index (χ3n) is 4.17. The summed E-state index contributed by atoms with van der Waals surface area (Å²) in [6.07, 6.45) is -0.747. The van der Waals surface area contributed by atoms with Crippen LogP contribution in [0.4, 0.5) is 5.82 Å². The largest absolute Gasteiger partial charge is 0.480 e. The quantitative estimate of drug-likeness (QED) is 0.345. The third-order valence-corrected chi connectivity index (χ3v) is 5.26. The van der Waals surface area contributed by atoms with Crippen LogP contribution in [0.3, 0.4) is 0 Å².